The van der Waals surface area contributed by atoms with Crippen LogP contribution in [0.5, 0.6) is 0 Å². The lowest BCUT2D eigenvalue weighted by Gasteiger charge is -2.32. The van der Waals surface area contributed by atoms with Gasteiger partial charge in [0, 0.05) is 19.5 Å². The standard InChI is InChI=1S/C20H25NO4S2/c22-20(10-14-27(23,24)19-6-2-1-3-7-19)21-11-8-17(9-12-21)15-26-16-18-5-4-13-25-18/h1-7,13,17H,8-12,14-16H2. The molecule has 0 aliphatic carbocycles. The van der Waals surface area contributed by atoms with Crippen molar-refractivity contribution in [2.75, 3.05) is 24.6 Å². The van der Waals surface area contributed by atoms with Crippen LogP contribution in [0.2, 0.25) is 0 Å². The van der Waals surface area contributed by atoms with Crippen LogP contribution in [0, 0.1) is 5.92 Å². The summed E-state index contributed by atoms with van der Waals surface area (Å²) in [6, 6.07) is 12.2. The summed E-state index contributed by atoms with van der Waals surface area (Å²) in [4.78, 5) is 14.5. The fraction of sp³-hybridized carbons (Fsp3) is 0.450. The predicted octanol–water partition coefficient (Wildman–Crippen LogP) is 3.62. The first kappa shape index (κ1) is 20.0. The van der Waals surface area contributed by atoms with Crippen molar-refractivity contribution in [3.05, 3.63) is 54.5 Å². The van der Waals surface area contributed by atoms with Gasteiger partial charge in [0.1, 0.15) is 5.76 Å². The summed E-state index contributed by atoms with van der Waals surface area (Å²) in [5, 5.41) is 0. The number of thioether (sulfide) groups is 1. The minimum Gasteiger partial charge on any atom is -0.468 e. The number of rotatable bonds is 8. The fourth-order valence-corrected chi connectivity index (χ4v) is 5.60. The van der Waals surface area contributed by atoms with Crippen LogP contribution in [0.3, 0.4) is 0 Å². The van der Waals surface area contributed by atoms with Crippen molar-refractivity contribution >= 4 is 27.5 Å². The average Bonchev–Trinajstić information content (AvgIpc) is 3.21. The third-order valence-corrected chi connectivity index (χ3v) is 7.76. The number of piperidine rings is 1. The first-order valence-corrected chi connectivity index (χ1v) is 12.0. The molecule has 27 heavy (non-hydrogen) atoms. The molecule has 0 N–H and O–H groups in total. The Morgan fingerprint density at radius 1 is 1.11 bits per heavy atom. The number of likely N-dealkylation sites (tertiary alicyclic amines) is 1. The highest BCUT2D eigenvalue weighted by atomic mass is 32.2. The minimum atomic E-state index is -3.40. The molecule has 1 aliphatic rings. The molecular formula is C20H25NO4S2. The molecule has 5 nitrogen and oxygen atoms in total. The molecule has 1 aliphatic heterocycles. The van der Waals surface area contributed by atoms with Crippen molar-refractivity contribution < 1.29 is 17.6 Å². The number of carbonyl (C=O) groups excluding carboxylic acids is 1. The minimum absolute atomic E-state index is 0.0507. The molecule has 3 rings (SSSR count). The van der Waals surface area contributed by atoms with E-state index in [9.17, 15) is 13.2 Å². The van der Waals surface area contributed by atoms with Crippen LogP contribution in [0.25, 0.3) is 0 Å². The highest BCUT2D eigenvalue weighted by Crippen LogP contribution is 2.24. The molecular weight excluding hydrogens is 382 g/mol. The molecule has 1 saturated heterocycles. The highest BCUT2D eigenvalue weighted by molar-refractivity contribution is 7.98. The number of nitrogens with zero attached hydrogens (tertiary/aromatic N) is 1. The van der Waals surface area contributed by atoms with Crippen LogP contribution >= 0.6 is 11.8 Å². The van der Waals surface area contributed by atoms with Gasteiger partial charge < -0.3 is 9.32 Å². The Morgan fingerprint density at radius 3 is 2.52 bits per heavy atom. The maximum absolute atomic E-state index is 12.4. The number of carbonyl (C=O) groups is 1. The van der Waals surface area contributed by atoms with E-state index in [0.29, 0.717) is 5.92 Å². The second-order valence-corrected chi connectivity index (χ2v) is 9.94. The van der Waals surface area contributed by atoms with Crippen molar-refractivity contribution in [2.24, 2.45) is 5.92 Å². The van der Waals surface area contributed by atoms with E-state index in [1.165, 1.54) is 0 Å². The third kappa shape index (κ3) is 5.87. The Labute approximate surface area is 165 Å². The first-order chi connectivity index (χ1) is 13.0. The molecule has 1 aromatic heterocycles. The summed E-state index contributed by atoms with van der Waals surface area (Å²) in [5.41, 5.74) is 0. The largest absolute Gasteiger partial charge is 0.468 e. The first-order valence-electron chi connectivity index (χ1n) is 9.20. The van der Waals surface area contributed by atoms with Crippen LogP contribution in [0.4, 0.5) is 0 Å². The quantitative estimate of drug-likeness (QED) is 0.669. The number of sulfone groups is 1. The van der Waals surface area contributed by atoms with Gasteiger partial charge in [-0.3, -0.25) is 4.79 Å². The Morgan fingerprint density at radius 2 is 1.85 bits per heavy atom. The van der Waals surface area contributed by atoms with Crippen LogP contribution in [-0.4, -0.2) is 43.8 Å². The number of furan rings is 1. The van der Waals surface area contributed by atoms with E-state index < -0.39 is 9.84 Å². The van der Waals surface area contributed by atoms with E-state index in [4.69, 9.17) is 4.42 Å². The molecule has 0 spiro atoms. The summed E-state index contributed by atoms with van der Waals surface area (Å²) in [6.07, 6.45) is 3.69. The van der Waals surface area contributed by atoms with Crippen molar-refractivity contribution in [3.8, 4) is 0 Å². The Kier molecular flexibility index (Phi) is 7.01. The van der Waals surface area contributed by atoms with Gasteiger partial charge in [0.25, 0.3) is 0 Å². The van der Waals surface area contributed by atoms with Crippen molar-refractivity contribution in [2.45, 2.75) is 29.9 Å². The van der Waals surface area contributed by atoms with E-state index in [0.717, 1.165) is 43.2 Å². The lowest BCUT2D eigenvalue weighted by Crippen LogP contribution is -2.39. The normalized spacial score (nSPS) is 15.8. The summed E-state index contributed by atoms with van der Waals surface area (Å²) >= 11 is 1.86. The van der Waals surface area contributed by atoms with Crippen molar-refractivity contribution in [3.63, 3.8) is 0 Å². The number of amides is 1. The lowest BCUT2D eigenvalue weighted by atomic mass is 9.99. The third-order valence-electron chi connectivity index (χ3n) is 4.83. The molecule has 2 aromatic rings. The van der Waals surface area contributed by atoms with Crippen molar-refractivity contribution in [1.29, 1.82) is 0 Å². The smallest absolute Gasteiger partial charge is 0.223 e. The highest BCUT2D eigenvalue weighted by Gasteiger charge is 2.24. The van der Waals surface area contributed by atoms with Crippen molar-refractivity contribution in [1.82, 2.24) is 4.90 Å². The topological polar surface area (TPSA) is 67.6 Å². The molecule has 0 saturated carbocycles. The molecule has 1 aromatic carbocycles. The monoisotopic (exact) mass is 407 g/mol. The SMILES string of the molecule is O=C(CCS(=O)(=O)c1ccccc1)N1CCC(CSCc2ccco2)CC1. The van der Waals surface area contributed by atoms with E-state index in [1.54, 1.807) is 36.6 Å². The van der Waals surface area contributed by atoms with Gasteiger partial charge in [-0.15, -0.1) is 0 Å². The molecule has 146 valence electrons. The zero-order valence-corrected chi connectivity index (χ0v) is 16.9. The lowest BCUT2D eigenvalue weighted by molar-refractivity contribution is -0.132. The van der Waals surface area contributed by atoms with Crippen LogP contribution in [0.1, 0.15) is 25.0 Å². The van der Waals surface area contributed by atoms with Crippen LogP contribution < -0.4 is 0 Å². The van der Waals surface area contributed by atoms with Gasteiger partial charge in [0.05, 0.1) is 22.7 Å². The molecule has 2 heterocycles. The molecule has 0 atom stereocenters. The molecule has 1 amide bonds. The van der Waals surface area contributed by atoms with E-state index in [1.807, 2.05) is 28.8 Å². The maximum atomic E-state index is 12.4. The molecule has 0 unspecified atom stereocenters. The van der Waals surface area contributed by atoms with Gasteiger partial charge in [-0.2, -0.15) is 11.8 Å². The second kappa shape index (κ2) is 9.46. The van der Waals surface area contributed by atoms with Crippen LogP contribution in [0.15, 0.2) is 58.0 Å². The Bertz CT molecular complexity index is 811. The zero-order chi connectivity index (χ0) is 19.1. The molecule has 0 radical (unpaired) electrons. The Balaban J connectivity index is 1.38. The van der Waals surface area contributed by atoms with Gasteiger partial charge in [-0.05, 0) is 48.8 Å². The molecule has 0 bridgehead atoms. The summed E-state index contributed by atoms with van der Waals surface area (Å²) in [7, 11) is -3.40. The average molecular weight is 408 g/mol. The second-order valence-electron chi connectivity index (χ2n) is 6.80. The van der Waals surface area contributed by atoms with Gasteiger partial charge in [0.15, 0.2) is 9.84 Å². The van der Waals surface area contributed by atoms with Gasteiger partial charge in [-0.25, -0.2) is 8.42 Å². The predicted molar refractivity (Wildman–Crippen MR) is 107 cm³/mol. The number of benzene rings is 1. The molecule has 7 heteroatoms. The maximum Gasteiger partial charge on any atom is 0.223 e. The number of hydrogen-bond acceptors (Lipinski definition) is 5. The van der Waals surface area contributed by atoms with E-state index in [2.05, 4.69) is 0 Å². The van der Waals surface area contributed by atoms with Gasteiger partial charge in [0.2, 0.25) is 5.91 Å². The van der Waals surface area contributed by atoms with Gasteiger partial charge >= 0.3 is 0 Å². The Hall–Kier alpha value is -1.73. The summed E-state index contributed by atoms with van der Waals surface area (Å²) in [5.74, 6) is 3.34. The molecule has 1 fully saturated rings. The van der Waals surface area contributed by atoms with Crippen LogP contribution in [-0.2, 0) is 20.4 Å². The van der Waals surface area contributed by atoms with E-state index in [-0.39, 0.29) is 23.0 Å². The summed E-state index contributed by atoms with van der Waals surface area (Å²) < 4.78 is 29.9. The summed E-state index contributed by atoms with van der Waals surface area (Å²) in [6.45, 7) is 1.44. The number of hydrogen-bond donors (Lipinski definition) is 0. The van der Waals surface area contributed by atoms with E-state index >= 15 is 0 Å². The zero-order valence-electron chi connectivity index (χ0n) is 15.2. The van der Waals surface area contributed by atoms with Gasteiger partial charge in [-0.1, -0.05) is 18.2 Å². The fourth-order valence-electron chi connectivity index (χ4n) is 3.20.